The van der Waals surface area contributed by atoms with Crippen LogP contribution in [0.1, 0.15) is 18.4 Å². The van der Waals surface area contributed by atoms with Crippen molar-refractivity contribution in [1.82, 2.24) is 4.98 Å². The molecule has 0 bridgehead atoms. The molecule has 1 aliphatic rings. The lowest BCUT2D eigenvalue weighted by molar-refractivity contribution is 0.591. The Morgan fingerprint density at radius 2 is 2.31 bits per heavy atom. The number of aryl methyl sites for hydroxylation is 1. The highest BCUT2D eigenvalue weighted by atomic mass is 32.2. The number of aliphatic imine (C=N–C) groups is 1. The van der Waals surface area contributed by atoms with Crippen molar-refractivity contribution in [3.05, 3.63) is 29.7 Å². The van der Waals surface area contributed by atoms with E-state index in [0.717, 1.165) is 21.9 Å². The van der Waals surface area contributed by atoms with E-state index in [1.54, 1.807) is 11.8 Å². The number of thioether (sulfide) groups is 1. The summed E-state index contributed by atoms with van der Waals surface area (Å²) in [5, 5.41) is 0.932. The van der Waals surface area contributed by atoms with E-state index in [9.17, 15) is 0 Å². The van der Waals surface area contributed by atoms with Crippen molar-refractivity contribution in [2.24, 2.45) is 4.99 Å². The molecule has 3 nitrogen and oxygen atoms in total. The molecular weight excluding hydrogens is 220 g/mol. The van der Waals surface area contributed by atoms with Crippen molar-refractivity contribution >= 4 is 27.9 Å². The molecule has 0 saturated heterocycles. The molecule has 4 heteroatoms. The molecule has 2 aromatic rings. The number of hydrogen-bond donors (Lipinski definition) is 0. The third-order valence-corrected chi connectivity index (χ3v) is 3.73. The summed E-state index contributed by atoms with van der Waals surface area (Å²) < 4.78 is 5.72. The van der Waals surface area contributed by atoms with Crippen LogP contribution in [0.2, 0.25) is 0 Å². The molecule has 1 aromatic carbocycles. The summed E-state index contributed by atoms with van der Waals surface area (Å²) >= 11 is 1.72. The van der Waals surface area contributed by atoms with Crippen LogP contribution in [0.25, 0.3) is 11.1 Å². The largest absolute Gasteiger partial charge is 0.434 e. The van der Waals surface area contributed by atoms with Crippen LogP contribution in [0.4, 0.5) is 0 Å². The van der Waals surface area contributed by atoms with Gasteiger partial charge < -0.3 is 4.42 Å². The third kappa shape index (κ3) is 1.63. The molecule has 0 fully saturated rings. The Kier molecular flexibility index (Phi) is 2.24. The Morgan fingerprint density at radius 1 is 1.44 bits per heavy atom. The summed E-state index contributed by atoms with van der Waals surface area (Å²) in [4.78, 5) is 8.95. The number of nitrogens with zero attached hydrogens (tertiary/aromatic N) is 2. The van der Waals surface area contributed by atoms with Crippen LogP contribution < -0.4 is 0 Å². The van der Waals surface area contributed by atoms with Gasteiger partial charge in [0.05, 0.1) is 6.04 Å². The molecule has 2 heterocycles. The van der Waals surface area contributed by atoms with Crippen LogP contribution in [0.5, 0.6) is 0 Å². The molecule has 0 aliphatic carbocycles. The van der Waals surface area contributed by atoms with Crippen LogP contribution in [-0.4, -0.2) is 21.8 Å². The van der Waals surface area contributed by atoms with E-state index < -0.39 is 0 Å². The smallest absolute Gasteiger partial charge is 0.252 e. The van der Waals surface area contributed by atoms with Gasteiger partial charge in [-0.15, -0.1) is 0 Å². The van der Waals surface area contributed by atoms with E-state index in [1.165, 1.54) is 5.56 Å². The van der Waals surface area contributed by atoms with Crippen LogP contribution in [-0.2, 0) is 0 Å². The molecule has 82 valence electrons. The lowest BCUT2D eigenvalue weighted by Crippen LogP contribution is -1.93. The summed E-state index contributed by atoms with van der Waals surface area (Å²) in [5.74, 6) is 1.68. The molecular formula is C12H12N2OS. The summed E-state index contributed by atoms with van der Waals surface area (Å²) in [5.41, 5.74) is 2.94. The molecule has 0 amide bonds. The summed E-state index contributed by atoms with van der Waals surface area (Å²) in [6.45, 7) is 4.15. The molecule has 1 atom stereocenters. The Labute approximate surface area is 98.0 Å². The highest BCUT2D eigenvalue weighted by Crippen LogP contribution is 2.25. The summed E-state index contributed by atoms with van der Waals surface area (Å²) in [6, 6.07) is 6.41. The van der Waals surface area contributed by atoms with Crippen molar-refractivity contribution in [1.29, 1.82) is 0 Å². The maximum Gasteiger partial charge on any atom is 0.252 e. The highest BCUT2D eigenvalue weighted by Gasteiger charge is 2.20. The zero-order valence-electron chi connectivity index (χ0n) is 9.23. The lowest BCUT2D eigenvalue weighted by Gasteiger charge is -1.89. The van der Waals surface area contributed by atoms with Gasteiger partial charge in [0.15, 0.2) is 10.6 Å². The van der Waals surface area contributed by atoms with Crippen LogP contribution in [0.15, 0.2) is 27.6 Å². The van der Waals surface area contributed by atoms with Crippen molar-refractivity contribution < 1.29 is 4.42 Å². The predicted octanol–water partition coefficient (Wildman–Crippen LogP) is 3.02. The molecule has 16 heavy (non-hydrogen) atoms. The second-order valence-electron chi connectivity index (χ2n) is 4.08. The van der Waals surface area contributed by atoms with Gasteiger partial charge in [0.2, 0.25) is 0 Å². The molecule has 0 unspecified atom stereocenters. The fourth-order valence-corrected chi connectivity index (χ4v) is 2.65. The first-order chi connectivity index (χ1) is 7.72. The summed E-state index contributed by atoms with van der Waals surface area (Å²) in [7, 11) is 0. The number of benzene rings is 1. The second kappa shape index (κ2) is 3.63. The molecule has 3 rings (SSSR count). The monoisotopic (exact) mass is 232 g/mol. The van der Waals surface area contributed by atoms with Crippen molar-refractivity contribution in [3.8, 4) is 0 Å². The van der Waals surface area contributed by atoms with Crippen LogP contribution in [0.3, 0.4) is 0 Å². The van der Waals surface area contributed by atoms with Crippen molar-refractivity contribution in [2.75, 3.05) is 5.75 Å². The Balaban J connectivity index is 2.09. The van der Waals surface area contributed by atoms with Gasteiger partial charge in [-0.2, -0.15) is 0 Å². The van der Waals surface area contributed by atoms with E-state index in [4.69, 9.17) is 4.42 Å². The van der Waals surface area contributed by atoms with Crippen molar-refractivity contribution in [3.63, 3.8) is 0 Å². The van der Waals surface area contributed by atoms with Gasteiger partial charge in [0, 0.05) is 5.75 Å². The molecule has 0 saturated carbocycles. The SMILES string of the molecule is Cc1ccc2nc(C3=N[C@H](C)CS3)oc2c1. The summed E-state index contributed by atoms with van der Waals surface area (Å²) in [6.07, 6.45) is 0. The van der Waals surface area contributed by atoms with E-state index in [2.05, 4.69) is 16.9 Å². The van der Waals surface area contributed by atoms with Gasteiger partial charge >= 0.3 is 0 Å². The topological polar surface area (TPSA) is 38.4 Å². The maximum atomic E-state index is 5.72. The number of oxazole rings is 1. The Morgan fingerprint density at radius 3 is 3.06 bits per heavy atom. The second-order valence-corrected chi connectivity index (χ2v) is 5.09. The normalized spacial score (nSPS) is 20.4. The number of aromatic nitrogens is 1. The minimum Gasteiger partial charge on any atom is -0.434 e. The molecule has 0 N–H and O–H groups in total. The van der Waals surface area contributed by atoms with Crippen molar-refractivity contribution in [2.45, 2.75) is 19.9 Å². The fourth-order valence-electron chi connectivity index (χ4n) is 1.71. The van der Waals surface area contributed by atoms with E-state index >= 15 is 0 Å². The minimum atomic E-state index is 0.372. The first kappa shape index (κ1) is 9.90. The Bertz CT molecular complexity index is 573. The number of rotatable bonds is 1. The number of fused-ring (bicyclic) bond motifs is 1. The molecule has 1 aromatic heterocycles. The molecule has 0 radical (unpaired) electrons. The third-order valence-electron chi connectivity index (χ3n) is 2.53. The predicted molar refractivity (Wildman–Crippen MR) is 67.2 cm³/mol. The van der Waals surface area contributed by atoms with E-state index in [-0.39, 0.29) is 0 Å². The molecule has 1 aliphatic heterocycles. The van der Waals surface area contributed by atoms with Gasteiger partial charge in [-0.1, -0.05) is 17.8 Å². The first-order valence-electron chi connectivity index (χ1n) is 5.30. The average molecular weight is 232 g/mol. The average Bonchev–Trinajstić information content (AvgIpc) is 2.83. The lowest BCUT2D eigenvalue weighted by atomic mass is 10.2. The van der Waals surface area contributed by atoms with E-state index in [0.29, 0.717) is 11.9 Å². The minimum absolute atomic E-state index is 0.372. The zero-order chi connectivity index (χ0) is 11.1. The molecule has 0 spiro atoms. The maximum absolute atomic E-state index is 5.72. The number of hydrogen-bond acceptors (Lipinski definition) is 4. The fraction of sp³-hybridized carbons (Fsp3) is 0.333. The van der Waals surface area contributed by atoms with Gasteiger partial charge in [0.1, 0.15) is 5.52 Å². The van der Waals surface area contributed by atoms with E-state index in [1.807, 2.05) is 25.1 Å². The van der Waals surface area contributed by atoms with Gasteiger partial charge in [-0.25, -0.2) is 4.98 Å². The van der Waals surface area contributed by atoms with Crippen LogP contribution in [0, 0.1) is 6.92 Å². The highest BCUT2D eigenvalue weighted by molar-refractivity contribution is 8.14. The standard InChI is InChI=1S/C12H12N2OS/c1-7-3-4-9-10(5-7)15-11(14-9)12-13-8(2)6-16-12/h3-5,8H,6H2,1-2H3/t8-/m1/s1. The zero-order valence-corrected chi connectivity index (χ0v) is 10.0. The quantitative estimate of drug-likeness (QED) is 0.758. The van der Waals surface area contributed by atoms with Gasteiger partial charge in [-0.3, -0.25) is 4.99 Å². The Hall–Kier alpha value is -1.29. The first-order valence-corrected chi connectivity index (χ1v) is 6.29. The van der Waals surface area contributed by atoms with Gasteiger partial charge in [-0.05, 0) is 31.5 Å². The van der Waals surface area contributed by atoms with Crippen LogP contribution >= 0.6 is 11.8 Å². The van der Waals surface area contributed by atoms with Gasteiger partial charge in [0.25, 0.3) is 5.89 Å².